The summed E-state index contributed by atoms with van der Waals surface area (Å²) in [4.78, 5) is 15.0. The summed E-state index contributed by atoms with van der Waals surface area (Å²) in [6.45, 7) is 4.90. The fraction of sp³-hybridized carbons (Fsp3) is 0.333. The van der Waals surface area contributed by atoms with Crippen LogP contribution in [0.2, 0.25) is 5.15 Å². The minimum atomic E-state index is -4.52. The maximum Gasteiger partial charge on any atom is 0.324 e. The number of halogens is 3. The summed E-state index contributed by atoms with van der Waals surface area (Å²) in [7, 11) is -3.45. The van der Waals surface area contributed by atoms with Crippen LogP contribution in [0.5, 0.6) is 0 Å². The molecule has 1 aromatic carbocycles. The number of aromatic nitrogens is 1. The lowest BCUT2D eigenvalue weighted by atomic mass is 9.88. The Morgan fingerprint density at radius 2 is 1.89 bits per heavy atom. The number of esters is 1. The van der Waals surface area contributed by atoms with Gasteiger partial charge in [-0.2, -0.15) is 4.72 Å². The summed E-state index contributed by atoms with van der Waals surface area (Å²) in [6.07, 6.45) is 0.734. The molecule has 0 aliphatic heterocycles. The van der Waals surface area contributed by atoms with Gasteiger partial charge in [-0.3, -0.25) is 4.79 Å². The third kappa shape index (κ3) is 4.48. The standard InChI is InChI=1S/C18H19ClF2N2O4S/c1-9-5-6-12(20)16(10(9)2)11(3)17(18(24)27-4)23-28(25,26)14-8-22-15(19)7-13(14)21/h5-8,11,17,23H,1-4H3/t11?,17-/m0/s1. The van der Waals surface area contributed by atoms with Gasteiger partial charge in [0.1, 0.15) is 27.7 Å². The van der Waals surface area contributed by atoms with Gasteiger partial charge in [-0.15, -0.1) is 0 Å². The van der Waals surface area contributed by atoms with Crippen molar-refractivity contribution in [3.05, 3.63) is 57.9 Å². The molecule has 2 rings (SSSR count). The third-order valence-corrected chi connectivity index (χ3v) is 6.15. The lowest BCUT2D eigenvalue weighted by Gasteiger charge is -2.25. The molecule has 1 aromatic heterocycles. The number of rotatable bonds is 6. The summed E-state index contributed by atoms with van der Waals surface area (Å²) >= 11 is 5.54. The molecule has 28 heavy (non-hydrogen) atoms. The molecule has 0 fully saturated rings. The van der Waals surface area contributed by atoms with Gasteiger partial charge < -0.3 is 4.74 Å². The van der Waals surface area contributed by atoms with E-state index in [0.717, 1.165) is 24.9 Å². The van der Waals surface area contributed by atoms with Crippen molar-refractivity contribution < 1.29 is 26.7 Å². The topological polar surface area (TPSA) is 85.4 Å². The molecule has 0 radical (unpaired) electrons. The minimum absolute atomic E-state index is 0.160. The first-order chi connectivity index (χ1) is 13.0. The summed E-state index contributed by atoms with van der Waals surface area (Å²) in [5, 5.41) is -0.230. The number of carbonyl (C=O) groups excluding carboxylic acids is 1. The molecule has 0 aliphatic carbocycles. The van der Waals surface area contributed by atoms with Gasteiger partial charge in [-0.1, -0.05) is 24.6 Å². The lowest BCUT2D eigenvalue weighted by molar-refractivity contribution is -0.143. The molecule has 0 bridgehead atoms. The molecule has 152 valence electrons. The molecule has 0 saturated heterocycles. The number of aryl methyl sites for hydroxylation is 1. The molecule has 0 spiro atoms. The Bertz CT molecular complexity index is 1010. The maximum absolute atomic E-state index is 14.5. The molecule has 0 aliphatic rings. The van der Waals surface area contributed by atoms with E-state index in [1.54, 1.807) is 19.9 Å². The number of methoxy groups -OCH3 is 1. The average molecular weight is 433 g/mol. The summed E-state index contributed by atoms with van der Waals surface area (Å²) < 4.78 is 60.6. The van der Waals surface area contributed by atoms with E-state index in [-0.39, 0.29) is 10.7 Å². The van der Waals surface area contributed by atoms with E-state index in [9.17, 15) is 22.0 Å². The van der Waals surface area contributed by atoms with Crippen molar-refractivity contribution in [2.75, 3.05) is 7.11 Å². The number of ether oxygens (including phenoxy) is 1. The molecule has 2 aromatic rings. The van der Waals surface area contributed by atoms with Crippen LogP contribution in [0.15, 0.2) is 29.3 Å². The van der Waals surface area contributed by atoms with Crippen molar-refractivity contribution in [3.63, 3.8) is 0 Å². The number of nitrogens with one attached hydrogen (secondary N) is 1. The van der Waals surface area contributed by atoms with Crippen LogP contribution in [0, 0.1) is 25.5 Å². The Balaban J connectivity index is 2.50. The highest BCUT2D eigenvalue weighted by Gasteiger charge is 2.35. The Morgan fingerprint density at radius 3 is 2.46 bits per heavy atom. The van der Waals surface area contributed by atoms with Crippen molar-refractivity contribution in [2.45, 2.75) is 37.6 Å². The largest absolute Gasteiger partial charge is 0.468 e. The molecule has 2 atom stereocenters. The monoisotopic (exact) mass is 432 g/mol. The second kappa shape index (κ2) is 8.50. The number of pyridine rings is 1. The van der Waals surface area contributed by atoms with E-state index in [0.29, 0.717) is 5.56 Å². The molecule has 0 saturated carbocycles. The SMILES string of the molecule is COC(=O)[C@@H](NS(=O)(=O)c1cnc(Cl)cc1F)C(C)c1c(F)ccc(C)c1C. The van der Waals surface area contributed by atoms with E-state index in [1.807, 2.05) is 0 Å². The summed E-state index contributed by atoms with van der Waals surface area (Å²) in [6, 6.07) is 2.05. The first kappa shape index (κ1) is 22.2. The van der Waals surface area contributed by atoms with Gasteiger partial charge in [-0.25, -0.2) is 22.2 Å². The van der Waals surface area contributed by atoms with Crippen LogP contribution in [-0.2, 0) is 19.6 Å². The van der Waals surface area contributed by atoms with Crippen LogP contribution in [0.4, 0.5) is 8.78 Å². The number of benzene rings is 1. The highest BCUT2D eigenvalue weighted by atomic mass is 35.5. The Kier molecular flexibility index (Phi) is 6.74. The zero-order chi connectivity index (χ0) is 21.2. The first-order valence-corrected chi connectivity index (χ1v) is 10.0. The van der Waals surface area contributed by atoms with E-state index < -0.39 is 44.5 Å². The normalized spacial score (nSPS) is 13.8. The molecular formula is C18H19ClF2N2O4S. The molecule has 10 heteroatoms. The number of hydrogen-bond acceptors (Lipinski definition) is 5. The smallest absolute Gasteiger partial charge is 0.324 e. The first-order valence-electron chi connectivity index (χ1n) is 8.16. The van der Waals surface area contributed by atoms with Gasteiger partial charge in [0.25, 0.3) is 0 Å². The predicted molar refractivity (Wildman–Crippen MR) is 99.6 cm³/mol. The summed E-state index contributed by atoms with van der Waals surface area (Å²) in [5.74, 6) is -3.62. The van der Waals surface area contributed by atoms with Crippen LogP contribution in [0.1, 0.15) is 29.5 Å². The Morgan fingerprint density at radius 1 is 1.25 bits per heavy atom. The molecule has 1 heterocycles. The molecule has 1 unspecified atom stereocenters. The Labute approximate surface area is 166 Å². The van der Waals surface area contributed by atoms with E-state index in [4.69, 9.17) is 11.6 Å². The fourth-order valence-electron chi connectivity index (χ4n) is 2.83. The van der Waals surface area contributed by atoms with Gasteiger partial charge >= 0.3 is 5.97 Å². The molecule has 0 amide bonds. The fourth-order valence-corrected chi connectivity index (χ4v) is 4.25. The second-order valence-corrected chi connectivity index (χ2v) is 8.32. The maximum atomic E-state index is 14.5. The Hall–Kier alpha value is -2.10. The number of carbonyl (C=O) groups is 1. The zero-order valence-corrected chi connectivity index (χ0v) is 17.2. The van der Waals surface area contributed by atoms with E-state index in [2.05, 4.69) is 14.4 Å². The van der Waals surface area contributed by atoms with Crippen molar-refractivity contribution in [1.82, 2.24) is 9.71 Å². The van der Waals surface area contributed by atoms with Crippen molar-refractivity contribution in [3.8, 4) is 0 Å². The van der Waals surface area contributed by atoms with Gasteiger partial charge in [0.15, 0.2) is 0 Å². The van der Waals surface area contributed by atoms with Gasteiger partial charge in [0.05, 0.1) is 13.3 Å². The third-order valence-electron chi connectivity index (χ3n) is 4.50. The average Bonchev–Trinajstić information content (AvgIpc) is 2.62. The number of hydrogen-bond donors (Lipinski definition) is 1. The van der Waals surface area contributed by atoms with Crippen LogP contribution in [0.25, 0.3) is 0 Å². The van der Waals surface area contributed by atoms with Crippen LogP contribution < -0.4 is 4.72 Å². The summed E-state index contributed by atoms with van der Waals surface area (Å²) in [5.41, 5.74) is 1.50. The van der Waals surface area contributed by atoms with Crippen molar-refractivity contribution in [1.29, 1.82) is 0 Å². The zero-order valence-electron chi connectivity index (χ0n) is 15.6. The van der Waals surface area contributed by atoms with Gasteiger partial charge in [-0.05, 0) is 36.6 Å². The molecule has 6 nitrogen and oxygen atoms in total. The van der Waals surface area contributed by atoms with Crippen molar-refractivity contribution in [2.24, 2.45) is 0 Å². The highest BCUT2D eigenvalue weighted by Crippen LogP contribution is 2.29. The van der Waals surface area contributed by atoms with E-state index >= 15 is 0 Å². The van der Waals surface area contributed by atoms with Gasteiger partial charge in [0.2, 0.25) is 10.0 Å². The minimum Gasteiger partial charge on any atom is -0.468 e. The van der Waals surface area contributed by atoms with Crippen LogP contribution >= 0.6 is 11.6 Å². The van der Waals surface area contributed by atoms with Crippen LogP contribution in [-0.4, -0.2) is 32.5 Å². The van der Waals surface area contributed by atoms with E-state index in [1.165, 1.54) is 13.0 Å². The lowest BCUT2D eigenvalue weighted by Crippen LogP contribution is -2.45. The van der Waals surface area contributed by atoms with Crippen LogP contribution in [0.3, 0.4) is 0 Å². The highest BCUT2D eigenvalue weighted by molar-refractivity contribution is 7.89. The predicted octanol–water partition coefficient (Wildman–Crippen LogP) is 3.25. The second-order valence-electron chi connectivity index (χ2n) is 6.25. The van der Waals surface area contributed by atoms with Gasteiger partial charge in [0, 0.05) is 12.0 Å². The number of sulfonamides is 1. The number of nitrogens with zero attached hydrogens (tertiary/aromatic N) is 1. The quantitative estimate of drug-likeness (QED) is 0.559. The molecular weight excluding hydrogens is 414 g/mol. The van der Waals surface area contributed by atoms with Crippen molar-refractivity contribution >= 4 is 27.6 Å². The molecule has 1 N–H and O–H groups in total.